The van der Waals surface area contributed by atoms with Crippen molar-refractivity contribution in [1.29, 1.82) is 0 Å². The van der Waals surface area contributed by atoms with Crippen LogP contribution < -0.4 is 5.32 Å². The second-order valence-corrected chi connectivity index (χ2v) is 4.06. The molecular weight excluding hydrogens is 142 g/mol. The highest BCUT2D eigenvalue weighted by Gasteiger charge is 2.42. The number of morpholine rings is 1. The van der Waals surface area contributed by atoms with Gasteiger partial charge in [0.2, 0.25) is 0 Å². The van der Waals surface area contributed by atoms with Crippen molar-refractivity contribution in [3.05, 3.63) is 0 Å². The van der Waals surface area contributed by atoms with Gasteiger partial charge in [0.05, 0.1) is 13.2 Å². The van der Waals surface area contributed by atoms with E-state index < -0.39 is 5.79 Å². The van der Waals surface area contributed by atoms with Gasteiger partial charge in [0.1, 0.15) is 0 Å². The van der Waals surface area contributed by atoms with Crippen LogP contribution in [0.2, 0.25) is 0 Å². The zero-order valence-electron chi connectivity index (χ0n) is 7.48. The van der Waals surface area contributed by atoms with Gasteiger partial charge >= 0.3 is 0 Å². The maximum atomic E-state index is 9.92. The number of ether oxygens (including phenoxy) is 1. The molecule has 0 aliphatic carbocycles. The van der Waals surface area contributed by atoms with Crippen LogP contribution in [0.4, 0.5) is 0 Å². The summed E-state index contributed by atoms with van der Waals surface area (Å²) in [6.45, 7) is 7.86. The van der Waals surface area contributed by atoms with Gasteiger partial charge in [-0.15, -0.1) is 0 Å². The van der Waals surface area contributed by atoms with Gasteiger partial charge in [-0.1, -0.05) is 20.8 Å². The van der Waals surface area contributed by atoms with Gasteiger partial charge < -0.3 is 15.2 Å². The molecule has 1 fully saturated rings. The first-order valence-corrected chi connectivity index (χ1v) is 4.03. The highest BCUT2D eigenvalue weighted by Crippen LogP contribution is 2.31. The van der Waals surface area contributed by atoms with Crippen LogP contribution >= 0.6 is 0 Å². The predicted molar refractivity (Wildman–Crippen MR) is 43.2 cm³/mol. The molecule has 1 atom stereocenters. The molecule has 0 amide bonds. The smallest absolute Gasteiger partial charge is 0.183 e. The van der Waals surface area contributed by atoms with Crippen LogP contribution in [0.25, 0.3) is 0 Å². The Morgan fingerprint density at radius 1 is 1.45 bits per heavy atom. The van der Waals surface area contributed by atoms with Gasteiger partial charge in [-0.05, 0) is 0 Å². The lowest BCUT2D eigenvalue weighted by Gasteiger charge is -2.42. The molecule has 3 heteroatoms. The Morgan fingerprint density at radius 3 is 2.36 bits per heavy atom. The summed E-state index contributed by atoms with van der Waals surface area (Å²) in [5.41, 5.74) is -0.222. The number of hydrogen-bond acceptors (Lipinski definition) is 3. The van der Waals surface area contributed by atoms with Gasteiger partial charge in [-0.3, -0.25) is 0 Å². The monoisotopic (exact) mass is 159 g/mol. The molecule has 0 aromatic rings. The van der Waals surface area contributed by atoms with E-state index in [2.05, 4.69) is 5.32 Å². The second kappa shape index (κ2) is 2.73. The zero-order chi connectivity index (χ0) is 8.54. The summed E-state index contributed by atoms with van der Waals surface area (Å²) in [4.78, 5) is 0. The Bertz CT molecular complexity index is 134. The SMILES string of the molecule is CC(C)(C)C1(O)CNCCO1. The molecule has 1 aliphatic rings. The third-order valence-electron chi connectivity index (χ3n) is 2.16. The molecule has 0 bridgehead atoms. The first-order chi connectivity index (χ1) is 4.96. The van der Waals surface area contributed by atoms with E-state index in [0.717, 1.165) is 6.54 Å². The van der Waals surface area contributed by atoms with Crippen molar-refractivity contribution in [3.63, 3.8) is 0 Å². The lowest BCUT2D eigenvalue weighted by molar-refractivity contribution is -0.268. The minimum absolute atomic E-state index is 0.222. The van der Waals surface area contributed by atoms with Crippen LogP contribution in [0.15, 0.2) is 0 Å². The van der Waals surface area contributed by atoms with Crippen LogP contribution in [-0.4, -0.2) is 30.6 Å². The summed E-state index contributed by atoms with van der Waals surface area (Å²) in [7, 11) is 0. The normalized spacial score (nSPS) is 33.8. The van der Waals surface area contributed by atoms with Gasteiger partial charge in [-0.2, -0.15) is 0 Å². The Balaban J connectivity index is 2.64. The Kier molecular flexibility index (Phi) is 2.23. The van der Waals surface area contributed by atoms with Gasteiger partial charge in [0, 0.05) is 12.0 Å². The molecule has 2 N–H and O–H groups in total. The fraction of sp³-hybridized carbons (Fsp3) is 1.00. The molecule has 3 nitrogen and oxygen atoms in total. The Morgan fingerprint density at radius 2 is 2.09 bits per heavy atom. The van der Waals surface area contributed by atoms with Crippen LogP contribution in [0, 0.1) is 5.41 Å². The minimum atomic E-state index is -0.995. The molecule has 1 rings (SSSR count). The van der Waals surface area contributed by atoms with Gasteiger partial charge in [-0.25, -0.2) is 0 Å². The number of aliphatic hydroxyl groups is 1. The Labute approximate surface area is 67.7 Å². The number of nitrogens with one attached hydrogen (secondary N) is 1. The number of β-amino-alcohol motifs (C(OH)–C–C–N with tert-alkyl or cyclic N) is 1. The zero-order valence-corrected chi connectivity index (χ0v) is 7.48. The van der Waals surface area contributed by atoms with Crippen LogP contribution in [0.3, 0.4) is 0 Å². The average Bonchev–Trinajstić information content (AvgIpc) is 1.87. The summed E-state index contributed by atoms with van der Waals surface area (Å²) >= 11 is 0. The van der Waals surface area contributed by atoms with E-state index in [9.17, 15) is 5.11 Å². The summed E-state index contributed by atoms with van der Waals surface area (Å²) in [6.07, 6.45) is 0. The first-order valence-electron chi connectivity index (χ1n) is 4.03. The molecule has 0 radical (unpaired) electrons. The molecule has 0 spiro atoms. The van der Waals surface area contributed by atoms with Crippen molar-refractivity contribution in [2.24, 2.45) is 5.41 Å². The average molecular weight is 159 g/mol. The molecule has 66 valence electrons. The summed E-state index contributed by atoms with van der Waals surface area (Å²) in [6, 6.07) is 0. The van der Waals surface area contributed by atoms with Crippen molar-refractivity contribution in [1.82, 2.24) is 5.32 Å². The van der Waals surface area contributed by atoms with Crippen molar-refractivity contribution in [2.45, 2.75) is 26.6 Å². The predicted octanol–water partition coefficient (Wildman–Crippen LogP) is 0.341. The molecule has 1 unspecified atom stereocenters. The van der Waals surface area contributed by atoms with Crippen molar-refractivity contribution >= 4 is 0 Å². The largest absolute Gasteiger partial charge is 0.364 e. The van der Waals surface area contributed by atoms with E-state index in [1.54, 1.807) is 0 Å². The minimum Gasteiger partial charge on any atom is -0.364 e. The number of rotatable bonds is 0. The third-order valence-corrected chi connectivity index (χ3v) is 2.16. The highest BCUT2D eigenvalue weighted by atomic mass is 16.6. The molecular formula is C8H17NO2. The highest BCUT2D eigenvalue weighted by molar-refractivity contribution is 4.86. The lowest BCUT2D eigenvalue weighted by Crippen LogP contribution is -2.57. The van der Waals surface area contributed by atoms with Gasteiger partial charge in [0.15, 0.2) is 5.79 Å². The van der Waals surface area contributed by atoms with Crippen molar-refractivity contribution in [2.75, 3.05) is 19.7 Å². The molecule has 0 saturated carbocycles. The molecule has 1 aliphatic heterocycles. The molecule has 0 aromatic heterocycles. The second-order valence-electron chi connectivity index (χ2n) is 4.06. The van der Waals surface area contributed by atoms with E-state index in [1.165, 1.54) is 0 Å². The molecule has 1 heterocycles. The van der Waals surface area contributed by atoms with Gasteiger partial charge in [0.25, 0.3) is 0 Å². The van der Waals surface area contributed by atoms with Crippen LogP contribution in [0.1, 0.15) is 20.8 Å². The maximum absolute atomic E-state index is 9.92. The summed E-state index contributed by atoms with van der Waals surface area (Å²) < 4.78 is 5.32. The molecule has 0 aromatic carbocycles. The quantitative estimate of drug-likeness (QED) is 0.535. The van der Waals surface area contributed by atoms with Crippen molar-refractivity contribution < 1.29 is 9.84 Å². The number of hydrogen-bond donors (Lipinski definition) is 2. The van der Waals surface area contributed by atoms with Crippen LogP contribution in [0.5, 0.6) is 0 Å². The van der Waals surface area contributed by atoms with E-state index in [4.69, 9.17) is 4.74 Å². The van der Waals surface area contributed by atoms with E-state index in [1.807, 2.05) is 20.8 Å². The van der Waals surface area contributed by atoms with Crippen LogP contribution in [-0.2, 0) is 4.74 Å². The fourth-order valence-corrected chi connectivity index (χ4v) is 1.08. The first kappa shape index (κ1) is 8.97. The molecule has 1 saturated heterocycles. The maximum Gasteiger partial charge on any atom is 0.183 e. The summed E-state index contributed by atoms with van der Waals surface area (Å²) in [5, 5.41) is 13.0. The molecule has 11 heavy (non-hydrogen) atoms. The van der Waals surface area contributed by atoms with E-state index in [0.29, 0.717) is 13.2 Å². The van der Waals surface area contributed by atoms with E-state index >= 15 is 0 Å². The van der Waals surface area contributed by atoms with Crippen molar-refractivity contribution in [3.8, 4) is 0 Å². The lowest BCUT2D eigenvalue weighted by atomic mass is 9.85. The fourth-order valence-electron chi connectivity index (χ4n) is 1.08. The topological polar surface area (TPSA) is 41.5 Å². The third kappa shape index (κ3) is 1.72. The Hall–Kier alpha value is -0.120. The van der Waals surface area contributed by atoms with E-state index in [-0.39, 0.29) is 5.41 Å². The summed E-state index contributed by atoms with van der Waals surface area (Å²) in [5.74, 6) is -0.995. The standard InChI is InChI=1S/C8H17NO2/c1-7(2,3)8(10)6-9-4-5-11-8/h9-10H,4-6H2,1-3H3.